The van der Waals surface area contributed by atoms with Gasteiger partial charge in [0.2, 0.25) is 5.91 Å². The quantitative estimate of drug-likeness (QED) is 0.463. The third-order valence-electron chi connectivity index (χ3n) is 4.25. The summed E-state index contributed by atoms with van der Waals surface area (Å²) in [7, 11) is 3.13. The highest BCUT2D eigenvalue weighted by Gasteiger charge is 2.23. The van der Waals surface area contributed by atoms with E-state index in [1.807, 2.05) is 0 Å². The number of anilines is 1. The average molecular weight is 417 g/mol. The number of aromatic nitrogens is 3. The van der Waals surface area contributed by atoms with Gasteiger partial charge in [-0.05, 0) is 32.0 Å². The van der Waals surface area contributed by atoms with E-state index in [2.05, 4.69) is 15.4 Å². The van der Waals surface area contributed by atoms with Crippen molar-refractivity contribution in [3.05, 3.63) is 45.1 Å². The zero-order valence-corrected chi connectivity index (χ0v) is 17.1. The van der Waals surface area contributed by atoms with E-state index in [1.54, 1.807) is 44.7 Å². The molecule has 2 heterocycles. The molecule has 11 heteroatoms. The summed E-state index contributed by atoms with van der Waals surface area (Å²) < 4.78 is 11.9. The number of carbonyl (C=O) groups is 1. The molecule has 1 N–H and O–H groups in total. The van der Waals surface area contributed by atoms with Gasteiger partial charge in [-0.2, -0.15) is 5.10 Å². The smallest absolute Gasteiger partial charge is 0.312 e. The lowest BCUT2D eigenvalue weighted by molar-refractivity contribution is -0.386. The highest BCUT2D eigenvalue weighted by molar-refractivity contribution is 7.14. The zero-order chi connectivity index (χ0) is 21.1. The van der Waals surface area contributed by atoms with Crippen molar-refractivity contribution in [2.75, 3.05) is 19.5 Å². The molecular formula is C18H19N5O5S. The van der Waals surface area contributed by atoms with Gasteiger partial charge in [-0.25, -0.2) is 4.98 Å². The van der Waals surface area contributed by atoms with Crippen molar-refractivity contribution >= 4 is 28.1 Å². The fourth-order valence-corrected chi connectivity index (χ4v) is 3.60. The van der Waals surface area contributed by atoms with Crippen LogP contribution in [0.15, 0.2) is 23.6 Å². The Labute approximate surface area is 170 Å². The van der Waals surface area contributed by atoms with Crippen LogP contribution in [0.1, 0.15) is 11.4 Å². The SMILES string of the molecule is COc1ccc(OC)c(-c2csc(NC(=O)Cn3nc(C)c([N+](=O)[O-])c3C)n2)c1. The van der Waals surface area contributed by atoms with Gasteiger partial charge in [0.1, 0.15) is 29.4 Å². The maximum absolute atomic E-state index is 12.4. The first-order chi connectivity index (χ1) is 13.8. The lowest BCUT2D eigenvalue weighted by atomic mass is 10.1. The van der Waals surface area contributed by atoms with Gasteiger partial charge in [0.05, 0.1) is 24.8 Å². The molecule has 0 fully saturated rings. The van der Waals surface area contributed by atoms with Crippen LogP contribution in [0, 0.1) is 24.0 Å². The molecule has 1 aromatic carbocycles. The Bertz CT molecular complexity index is 1070. The van der Waals surface area contributed by atoms with E-state index in [0.717, 1.165) is 5.56 Å². The van der Waals surface area contributed by atoms with E-state index in [1.165, 1.54) is 22.9 Å². The van der Waals surface area contributed by atoms with Crippen molar-refractivity contribution < 1.29 is 19.2 Å². The minimum Gasteiger partial charge on any atom is -0.497 e. The number of aryl methyl sites for hydroxylation is 1. The first kappa shape index (κ1) is 20.3. The molecule has 0 saturated carbocycles. The molecule has 3 rings (SSSR count). The van der Waals surface area contributed by atoms with E-state index in [0.29, 0.717) is 28.0 Å². The molecule has 0 aliphatic heterocycles. The second kappa shape index (κ2) is 8.27. The zero-order valence-electron chi connectivity index (χ0n) is 16.3. The minimum absolute atomic E-state index is 0.0838. The average Bonchev–Trinajstić information content (AvgIpc) is 3.25. The van der Waals surface area contributed by atoms with E-state index >= 15 is 0 Å². The van der Waals surface area contributed by atoms with Crippen LogP contribution in [-0.2, 0) is 11.3 Å². The van der Waals surface area contributed by atoms with E-state index in [9.17, 15) is 14.9 Å². The minimum atomic E-state index is -0.499. The van der Waals surface area contributed by atoms with Crippen LogP contribution in [0.2, 0.25) is 0 Å². The Morgan fingerprint density at radius 1 is 1.31 bits per heavy atom. The van der Waals surface area contributed by atoms with Crippen LogP contribution >= 0.6 is 11.3 Å². The number of hydrogen-bond acceptors (Lipinski definition) is 8. The van der Waals surface area contributed by atoms with E-state index in [4.69, 9.17) is 9.47 Å². The highest BCUT2D eigenvalue weighted by Crippen LogP contribution is 2.35. The fraction of sp³-hybridized carbons (Fsp3) is 0.278. The van der Waals surface area contributed by atoms with E-state index < -0.39 is 4.92 Å². The first-order valence-electron chi connectivity index (χ1n) is 8.50. The lowest BCUT2D eigenvalue weighted by Gasteiger charge is -2.08. The number of nitrogens with zero attached hydrogens (tertiary/aromatic N) is 4. The number of thiazole rings is 1. The molecule has 10 nitrogen and oxygen atoms in total. The number of hydrogen-bond donors (Lipinski definition) is 1. The Hall–Kier alpha value is -3.47. The molecule has 0 atom stereocenters. The molecule has 3 aromatic rings. The van der Waals surface area contributed by atoms with Crippen molar-refractivity contribution in [2.45, 2.75) is 20.4 Å². The number of ether oxygens (including phenoxy) is 2. The number of benzene rings is 1. The summed E-state index contributed by atoms with van der Waals surface area (Å²) in [5.74, 6) is 0.901. The van der Waals surface area contributed by atoms with Gasteiger partial charge in [0, 0.05) is 10.9 Å². The number of rotatable bonds is 7. The van der Waals surface area contributed by atoms with Crippen LogP contribution < -0.4 is 14.8 Å². The van der Waals surface area contributed by atoms with Crippen molar-refractivity contribution in [3.63, 3.8) is 0 Å². The maximum Gasteiger partial charge on any atom is 0.312 e. The molecule has 0 bridgehead atoms. The topological polar surface area (TPSA) is 121 Å². The largest absolute Gasteiger partial charge is 0.497 e. The van der Waals surface area contributed by atoms with Gasteiger partial charge < -0.3 is 14.8 Å². The summed E-state index contributed by atoms with van der Waals surface area (Å²) >= 11 is 1.26. The number of nitrogens with one attached hydrogen (secondary N) is 1. The van der Waals surface area contributed by atoms with Gasteiger partial charge >= 0.3 is 5.69 Å². The molecule has 152 valence electrons. The van der Waals surface area contributed by atoms with Crippen molar-refractivity contribution in [1.29, 1.82) is 0 Å². The van der Waals surface area contributed by atoms with Gasteiger partial charge in [-0.1, -0.05) is 0 Å². The van der Waals surface area contributed by atoms with Crippen LogP contribution in [-0.4, -0.2) is 39.8 Å². The second-order valence-corrected chi connectivity index (χ2v) is 6.94. The third kappa shape index (κ3) is 4.19. The predicted molar refractivity (Wildman–Crippen MR) is 108 cm³/mol. The lowest BCUT2D eigenvalue weighted by Crippen LogP contribution is -2.20. The Morgan fingerprint density at radius 2 is 2.07 bits per heavy atom. The maximum atomic E-state index is 12.4. The van der Waals surface area contributed by atoms with Crippen LogP contribution in [0.4, 0.5) is 10.8 Å². The fourth-order valence-electron chi connectivity index (χ4n) is 2.87. The monoisotopic (exact) mass is 417 g/mol. The molecule has 0 saturated heterocycles. The van der Waals surface area contributed by atoms with Crippen LogP contribution in [0.5, 0.6) is 11.5 Å². The Morgan fingerprint density at radius 3 is 2.69 bits per heavy atom. The third-order valence-corrected chi connectivity index (χ3v) is 5.01. The van der Waals surface area contributed by atoms with Gasteiger partial charge in [-0.3, -0.25) is 19.6 Å². The van der Waals surface area contributed by atoms with Crippen LogP contribution in [0.3, 0.4) is 0 Å². The molecule has 1 amide bonds. The molecule has 29 heavy (non-hydrogen) atoms. The summed E-state index contributed by atoms with van der Waals surface area (Å²) in [6.07, 6.45) is 0. The molecule has 2 aromatic heterocycles. The number of nitro groups is 1. The van der Waals surface area contributed by atoms with Gasteiger partial charge in [-0.15, -0.1) is 11.3 Å². The molecule has 0 aliphatic carbocycles. The number of methoxy groups -OCH3 is 2. The highest BCUT2D eigenvalue weighted by atomic mass is 32.1. The van der Waals surface area contributed by atoms with Gasteiger partial charge in [0.25, 0.3) is 0 Å². The van der Waals surface area contributed by atoms with Crippen LogP contribution in [0.25, 0.3) is 11.3 Å². The van der Waals surface area contributed by atoms with Crippen molar-refractivity contribution in [3.8, 4) is 22.8 Å². The Kier molecular flexibility index (Phi) is 5.78. The molecule has 0 unspecified atom stereocenters. The summed E-state index contributed by atoms with van der Waals surface area (Å²) in [6, 6.07) is 5.36. The Balaban J connectivity index is 1.77. The number of amides is 1. The molecule has 0 radical (unpaired) electrons. The first-order valence-corrected chi connectivity index (χ1v) is 9.38. The van der Waals surface area contributed by atoms with E-state index in [-0.39, 0.29) is 23.8 Å². The van der Waals surface area contributed by atoms with Crippen molar-refractivity contribution in [2.24, 2.45) is 0 Å². The number of carbonyl (C=O) groups excluding carboxylic acids is 1. The normalized spacial score (nSPS) is 10.6. The predicted octanol–water partition coefficient (Wildman–Crippen LogP) is 3.19. The second-order valence-electron chi connectivity index (χ2n) is 6.09. The molecule has 0 aliphatic rings. The summed E-state index contributed by atoms with van der Waals surface area (Å²) in [5.41, 5.74) is 1.87. The molecular weight excluding hydrogens is 398 g/mol. The summed E-state index contributed by atoms with van der Waals surface area (Å²) in [4.78, 5) is 27.4. The molecule has 0 spiro atoms. The van der Waals surface area contributed by atoms with Gasteiger partial charge in [0.15, 0.2) is 5.13 Å². The van der Waals surface area contributed by atoms with Crippen molar-refractivity contribution in [1.82, 2.24) is 14.8 Å². The summed E-state index contributed by atoms with van der Waals surface area (Å²) in [6.45, 7) is 2.94. The summed E-state index contributed by atoms with van der Waals surface area (Å²) in [5, 5.41) is 20.1. The standard InChI is InChI=1S/C18H19N5O5S/c1-10-17(23(25)26)11(2)22(21-10)8-16(24)20-18-19-14(9-29-18)13-7-12(27-3)5-6-15(13)28-4/h5-7,9H,8H2,1-4H3,(H,19,20,24).